The molecule has 1 aliphatic carbocycles. The Kier molecular flexibility index (Phi) is 9.06. The van der Waals surface area contributed by atoms with Crippen LogP contribution >= 0.6 is 0 Å². The van der Waals surface area contributed by atoms with E-state index in [4.69, 9.17) is 14.3 Å². The Morgan fingerprint density at radius 2 is 1.65 bits per heavy atom. The summed E-state index contributed by atoms with van der Waals surface area (Å²) in [6.45, 7) is 22.6. The molecule has 1 saturated heterocycles. The fraction of sp³-hybridized carbons (Fsp3) is 0.583. The highest BCUT2D eigenvalue weighted by molar-refractivity contribution is 6.74. The number of hydrogen-bond donors (Lipinski definition) is 1. The third-order valence-electron chi connectivity index (χ3n) is 9.98. The van der Waals surface area contributed by atoms with Gasteiger partial charge in [-0.3, -0.25) is 9.78 Å². The van der Waals surface area contributed by atoms with Crippen LogP contribution in [0.1, 0.15) is 94.8 Å². The molecule has 0 unspecified atom stereocenters. The van der Waals surface area contributed by atoms with E-state index >= 15 is 0 Å². The predicted octanol–water partition coefficient (Wildman–Crippen LogP) is 7.14. The highest BCUT2D eigenvalue weighted by Crippen LogP contribution is 2.38. The largest absolute Gasteiger partial charge is 0.444 e. The number of anilines is 2. The van der Waals surface area contributed by atoms with Gasteiger partial charge >= 0.3 is 6.09 Å². The zero-order chi connectivity index (χ0) is 35.5. The maximum absolute atomic E-state index is 13.8. The number of pyridine rings is 1. The molecule has 0 spiro atoms. The molecule has 6 rings (SSSR count). The molecule has 2 aliphatic rings. The fourth-order valence-electron chi connectivity index (χ4n) is 6.28. The fourth-order valence-corrected chi connectivity index (χ4v) is 7.23. The van der Waals surface area contributed by atoms with Crippen LogP contribution in [-0.4, -0.2) is 80.0 Å². The lowest BCUT2D eigenvalue weighted by atomic mass is 10.0. The van der Waals surface area contributed by atoms with Gasteiger partial charge in [0, 0.05) is 31.4 Å². The van der Waals surface area contributed by atoms with Gasteiger partial charge in [-0.05, 0) is 96.6 Å². The Morgan fingerprint density at radius 3 is 2.29 bits per heavy atom. The van der Waals surface area contributed by atoms with E-state index in [2.05, 4.69) is 54.0 Å². The van der Waals surface area contributed by atoms with Gasteiger partial charge in [-0.15, -0.1) is 0 Å². The SMILES string of the molecule is Cc1cn2cc(NC(=O)c3ccc(N4CCC(N(C(=O)OC(C)(C)C)C5CC5)CC4)c4cc(CO[Si](C)(C)C(C)(C)C)nn34)nc2c(C)n1. The lowest BCUT2D eigenvalue weighted by Gasteiger charge is -2.40. The van der Waals surface area contributed by atoms with E-state index in [9.17, 15) is 9.59 Å². The highest BCUT2D eigenvalue weighted by atomic mass is 28.4. The number of imidazole rings is 1. The van der Waals surface area contributed by atoms with Crippen LogP contribution in [0.2, 0.25) is 18.1 Å². The van der Waals surface area contributed by atoms with Gasteiger partial charge < -0.3 is 28.7 Å². The molecule has 1 aliphatic heterocycles. The number of ether oxygens (including phenoxy) is 1. The minimum Gasteiger partial charge on any atom is -0.444 e. The average Bonchev–Trinajstić information content (AvgIpc) is 3.58. The molecule has 2 fully saturated rings. The second-order valence-electron chi connectivity index (χ2n) is 16.2. The molecule has 0 radical (unpaired) electrons. The Labute approximate surface area is 290 Å². The maximum atomic E-state index is 13.8. The Morgan fingerprint density at radius 1 is 0.980 bits per heavy atom. The molecule has 1 saturated carbocycles. The van der Waals surface area contributed by atoms with Crippen molar-refractivity contribution in [1.82, 2.24) is 28.9 Å². The molecule has 0 atom stereocenters. The number of carbonyl (C=O) groups is 2. The molecule has 4 aromatic rings. The van der Waals surface area contributed by atoms with Crippen molar-refractivity contribution in [3.05, 3.63) is 53.4 Å². The number of fused-ring (bicyclic) bond motifs is 2. The first-order valence-corrected chi connectivity index (χ1v) is 20.4. The van der Waals surface area contributed by atoms with E-state index in [1.54, 1.807) is 10.7 Å². The molecule has 264 valence electrons. The number of hydrogen-bond acceptors (Lipinski definition) is 8. The van der Waals surface area contributed by atoms with E-state index in [1.807, 2.05) is 68.3 Å². The van der Waals surface area contributed by atoms with Gasteiger partial charge in [-0.2, -0.15) is 5.10 Å². The van der Waals surface area contributed by atoms with Crippen LogP contribution in [0.25, 0.3) is 11.2 Å². The van der Waals surface area contributed by atoms with Crippen molar-refractivity contribution in [1.29, 1.82) is 0 Å². The standard InChI is InChI=1S/C36H52N8O4Si/c1-23-20-42-21-31(38-32(42)24(2)37-23)39-33(45)29-14-13-28(30-19-25(40-44(29)30)22-47-49(9,10)36(6,7)8)41-17-15-27(16-18-41)43(26-11-12-26)34(46)48-35(3,4)5/h13-14,19-21,26-27H,11-12,15-18,22H2,1-10H3,(H,39,45). The van der Waals surface area contributed by atoms with Gasteiger partial charge in [0.15, 0.2) is 19.8 Å². The number of rotatable bonds is 8. The topological polar surface area (TPSA) is 119 Å². The van der Waals surface area contributed by atoms with Crippen LogP contribution in [0.3, 0.4) is 0 Å². The van der Waals surface area contributed by atoms with Gasteiger partial charge in [0.2, 0.25) is 0 Å². The molecule has 49 heavy (non-hydrogen) atoms. The Balaban J connectivity index is 1.27. The molecular weight excluding hydrogens is 637 g/mol. The van der Waals surface area contributed by atoms with Crippen LogP contribution in [0.4, 0.5) is 16.3 Å². The summed E-state index contributed by atoms with van der Waals surface area (Å²) in [6.07, 6.45) is 7.21. The molecular formula is C36H52N8O4Si. The number of piperidine rings is 1. The third kappa shape index (κ3) is 7.47. The van der Waals surface area contributed by atoms with Crippen LogP contribution in [0, 0.1) is 13.8 Å². The van der Waals surface area contributed by atoms with E-state index in [0.29, 0.717) is 23.8 Å². The minimum atomic E-state index is -2.04. The summed E-state index contributed by atoms with van der Waals surface area (Å²) in [5.41, 5.74) is 4.85. The normalized spacial score (nSPS) is 16.4. The zero-order valence-electron chi connectivity index (χ0n) is 30.8. The second-order valence-corrected chi connectivity index (χ2v) is 21.0. The van der Waals surface area contributed by atoms with Crippen LogP contribution in [-0.2, 0) is 15.8 Å². The summed E-state index contributed by atoms with van der Waals surface area (Å²) in [6, 6.07) is 6.29. The summed E-state index contributed by atoms with van der Waals surface area (Å²) < 4.78 is 16.0. The van der Waals surface area contributed by atoms with E-state index in [0.717, 1.165) is 67.1 Å². The first kappa shape index (κ1) is 34.9. The lowest BCUT2D eigenvalue weighted by molar-refractivity contribution is 0.0113. The summed E-state index contributed by atoms with van der Waals surface area (Å²) >= 11 is 0. The predicted molar refractivity (Wildman–Crippen MR) is 194 cm³/mol. The molecule has 4 aromatic heterocycles. The number of amides is 2. The first-order valence-electron chi connectivity index (χ1n) is 17.5. The summed E-state index contributed by atoms with van der Waals surface area (Å²) in [7, 11) is -2.04. The van der Waals surface area contributed by atoms with E-state index in [-0.39, 0.29) is 29.1 Å². The summed E-state index contributed by atoms with van der Waals surface area (Å²) in [5, 5.41) is 7.98. The van der Waals surface area contributed by atoms with Crippen molar-refractivity contribution in [2.24, 2.45) is 0 Å². The third-order valence-corrected chi connectivity index (χ3v) is 14.5. The van der Waals surface area contributed by atoms with Crippen molar-refractivity contribution in [3.63, 3.8) is 0 Å². The van der Waals surface area contributed by atoms with Crippen LogP contribution in [0.15, 0.2) is 30.6 Å². The molecule has 13 heteroatoms. The molecule has 0 aromatic carbocycles. The first-order chi connectivity index (χ1) is 22.9. The number of carbonyl (C=O) groups excluding carboxylic acids is 2. The number of nitrogens with one attached hydrogen (secondary N) is 1. The molecule has 12 nitrogen and oxygen atoms in total. The quantitative estimate of drug-likeness (QED) is 0.194. The lowest BCUT2D eigenvalue weighted by Crippen LogP contribution is -2.50. The van der Waals surface area contributed by atoms with Crippen LogP contribution in [0.5, 0.6) is 0 Å². The number of aromatic nitrogens is 5. The van der Waals surface area contributed by atoms with E-state index < -0.39 is 13.9 Å². The van der Waals surface area contributed by atoms with Crippen molar-refractivity contribution in [2.75, 3.05) is 23.3 Å². The number of nitrogens with zero attached hydrogens (tertiary/aromatic N) is 7. The summed E-state index contributed by atoms with van der Waals surface area (Å²) in [4.78, 5) is 40.5. The van der Waals surface area contributed by atoms with Crippen molar-refractivity contribution < 1.29 is 18.8 Å². The molecule has 2 amide bonds. The van der Waals surface area contributed by atoms with Gasteiger partial charge in [0.05, 0.1) is 41.1 Å². The zero-order valence-corrected chi connectivity index (χ0v) is 31.8. The Bertz CT molecular complexity index is 1870. The van der Waals surface area contributed by atoms with Gasteiger partial charge in [-0.1, -0.05) is 20.8 Å². The second kappa shape index (κ2) is 12.7. The highest BCUT2D eigenvalue weighted by Gasteiger charge is 2.41. The Hall–Kier alpha value is -3.97. The minimum absolute atomic E-state index is 0.0564. The van der Waals surface area contributed by atoms with Gasteiger partial charge in [-0.25, -0.2) is 14.3 Å². The monoisotopic (exact) mass is 688 g/mol. The molecule has 0 bridgehead atoms. The van der Waals surface area contributed by atoms with Crippen LogP contribution < -0.4 is 10.2 Å². The van der Waals surface area contributed by atoms with Crippen molar-refractivity contribution in [2.45, 2.75) is 123 Å². The maximum Gasteiger partial charge on any atom is 0.410 e. The van der Waals surface area contributed by atoms with Crippen molar-refractivity contribution >= 4 is 43.0 Å². The molecule has 1 N–H and O–H groups in total. The smallest absolute Gasteiger partial charge is 0.410 e. The molecule has 5 heterocycles. The van der Waals surface area contributed by atoms with Crippen molar-refractivity contribution in [3.8, 4) is 0 Å². The number of aryl methyl sites for hydroxylation is 2. The van der Waals surface area contributed by atoms with Gasteiger partial charge in [0.25, 0.3) is 5.91 Å². The van der Waals surface area contributed by atoms with Gasteiger partial charge in [0.1, 0.15) is 11.3 Å². The average molecular weight is 689 g/mol. The summed E-state index contributed by atoms with van der Waals surface area (Å²) in [5.74, 6) is 0.136. The van der Waals surface area contributed by atoms with E-state index in [1.165, 1.54) is 0 Å².